The van der Waals surface area contributed by atoms with Gasteiger partial charge in [0.1, 0.15) is 18.1 Å². The smallest absolute Gasteiger partial charge is 0.101 e. The number of nitriles is 2. The van der Waals surface area contributed by atoms with Crippen molar-refractivity contribution in [2.75, 3.05) is 0 Å². The van der Waals surface area contributed by atoms with Crippen LogP contribution in [0.5, 0.6) is 0 Å². The van der Waals surface area contributed by atoms with E-state index in [-0.39, 0.29) is 0 Å². The Morgan fingerprint density at radius 3 is 1.53 bits per heavy atom. The summed E-state index contributed by atoms with van der Waals surface area (Å²) in [7, 11) is 0. The van der Waals surface area contributed by atoms with Crippen LogP contribution in [-0.2, 0) is 0 Å². The maximum Gasteiger partial charge on any atom is 0.101 e. The normalized spacial score (nSPS) is 8.74. The summed E-state index contributed by atoms with van der Waals surface area (Å²) in [5.74, 6) is 0. The average Bonchev–Trinajstić information content (AvgIpc) is 2.48. The second kappa shape index (κ2) is 5.93. The first-order chi connectivity index (χ1) is 9.35. The van der Waals surface area contributed by atoms with E-state index in [2.05, 4.69) is 16.0 Å². The van der Waals surface area contributed by atoms with E-state index >= 15 is 0 Å². The van der Waals surface area contributed by atoms with E-state index in [4.69, 9.17) is 10.5 Å². The lowest BCUT2D eigenvalue weighted by Gasteiger charge is -1.93. The number of hydrogen-bond acceptors (Lipinski definition) is 4. The molecule has 0 N–H and O–H groups in total. The topological polar surface area (TPSA) is 72.3 Å². The quantitative estimate of drug-likeness (QED) is 0.757. The average molecular weight is 244 g/mol. The number of nitrogens with zero attached hydrogens (tertiary/aromatic N) is 4. The van der Waals surface area contributed by atoms with Crippen molar-refractivity contribution in [1.82, 2.24) is 0 Å². The molecule has 4 heteroatoms. The Morgan fingerprint density at radius 2 is 1.11 bits per heavy atom. The lowest BCUT2D eigenvalue weighted by atomic mass is 10.2. The molecule has 0 radical (unpaired) electrons. The van der Waals surface area contributed by atoms with Gasteiger partial charge >= 0.3 is 0 Å². The van der Waals surface area contributed by atoms with E-state index in [0.717, 1.165) is 0 Å². The summed E-state index contributed by atoms with van der Waals surface area (Å²) in [6.07, 6.45) is 0. The SMILES string of the molecule is N#Cc1ccccc1N=C=Nc1ccccc1C#N. The van der Waals surface area contributed by atoms with Crippen molar-refractivity contribution in [3.63, 3.8) is 0 Å². The first kappa shape index (κ1) is 12.3. The summed E-state index contributed by atoms with van der Waals surface area (Å²) in [4.78, 5) is 8.00. The molecule has 0 aliphatic heterocycles. The number of para-hydroxylation sites is 2. The van der Waals surface area contributed by atoms with Crippen LogP contribution in [0.3, 0.4) is 0 Å². The molecular weight excluding hydrogens is 236 g/mol. The summed E-state index contributed by atoms with van der Waals surface area (Å²) in [5.41, 5.74) is 1.92. The van der Waals surface area contributed by atoms with Crippen molar-refractivity contribution in [2.45, 2.75) is 0 Å². The Bertz CT molecular complexity index is 680. The van der Waals surface area contributed by atoms with Crippen molar-refractivity contribution >= 4 is 17.4 Å². The third-order valence-electron chi connectivity index (χ3n) is 2.39. The molecule has 0 aliphatic rings. The minimum Gasteiger partial charge on any atom is -0.192 e. The molecule has 0 aromatic heterocycles. The first-order valence-electron chi connectivity index (χ1n) is 5.50. The van der Waals surface area contributed by atoms with Crippen LogP contribution in [0.4, 0.5) is 11.4 Å². The van der Waals surface area contributed by atoms with Crippen LogP contribution in [0.15, 0.2) is 58.5 Å². The number of aliphatic imine (C=N–C) groups is 2. The van der Waals surface area contributed by atoms with Crippen LogP contribution in [0.25, 0.3) is 0 Å². The molecular formula is C15H8N4. The van der Waals surface area contributed by atoms with Gasteiger partial charge in [-0.1, -0.05) is 24.3 Å². The molecule has 0 saturated heterocycles. The molecule has 0 aliphatic carbocycles. The van der Waals surface area contributed by atoms with Gasteiger partial charge in [0.2, 0.25) is 0 Å². The fourth-order valence-corrected chi connectivity index (χ4v) is 1.46. The van der Waals surface area contributed by atoms with Gasteiger partial charge in [-0.05, 0) is 24.3 Å². The first-order valence-corrected chi connectivity index (χ1v) is 5.50. The Labute approximate surface area is 110 Å². The van der Waals surface area contributed by atoms with Gasteiger partial charge in [-0.3, -0.25) is 0 Å². The van der Waals surface area contributed by atoms with Gasteiger partial charge in [0, 0.05) is 0 Å². The van der Waals surface area contributed by atoms with Crippen LogP contribution in [0.1, 0.15) is 11.1 Å². The Morgan fingerprint density at radius 1 is 0.684 bits per heavy atom. The highest BCUT2D eigenvalue weighted by atomic mass is 14.8. The van der Waals surface area contributed by atoms with Gasteiger partial charge in [-0.25, -0.2) is 0 Å². The summed E-state index contributed by atoms with van der Waals surface area (Å²) in [6, 6.07) is 20.4. The maximum atomic E-state index is 8.91. The Kier molecular flexibility index (Phi) is 3.83. The van der Waals surface area contributed by atoms with Crippen molar-refractivity contribution in [3.05, 3.63) is 59.7 Å². The Hall–Kier alpha value is -3.20. The predicted octanol–water partition coefficient (Wildman–Crippen LogP) is 3.57. The molecule has 0 fully saturated rings. The molecule has 2 aromatic rings. The Balaban J connectivity index is 2.36. The van der Waals surface area contributed by atoms with E-state index in [1.54, 1.807) is 48.5 Å². The van der Waals surface area contributed by atoms with Crippen LogP contribution >= 0.6 is 0 Å². The number of rotatable bonds is 2. The van der Waals surface area contributed by atoms with Crippen molar-refractivity contribution in [1.29, 1.82) is 10.5 Å². The molecule has 0 bridgehead atoms. The lowest BCUT2D eigenvalue weighted by molar-refractivity contribution is 1.42. The van der Waals surface area contributed by atoms with E-state index in [0.29, 0.717) is 22.5 Å². The summed E-state index contributed by atoms with van der Waals surface area (Å²) < 4.78 is 0. The van der Waals surface area contributed by atoms with Gasteiger partial charge in [-0.2, -0.15) is 20.5 Å². The van der Waals surface area contributed by atoms with Crippen molar-refractivity contribution in [2.24, 2.45) is 9.98 Å². The monoisotopic (exact) mass is 244 g/mol. The molecule has 19 heavy (non-hydrogen) atoms. The second-order valence-electron chi connectivity index (χ2n) is 3.58. The predicted molar refractivity (Wildman–Crippen MR) is 71.5 cm³/mol. The molecule has 2 rings (SSSR count). The highest BCUT2D eigenvalue weighted by molar-refractivity contribution is 5.64. The third-order valence-corrected chi connectivity index (χ3v) is 2.39. The summed E-state index contributed by atoms with van der Waals surface area (Å²) >= 11 is 0. The number of hydrogen-bond donors (Lipinski definition) is 0. The van der Waals surface area contributed by atoms with Gasteiger partial charge in [0.15, 0.2) is 0 Å². The van der Waals surface area contributed by atoms with Gasteiger partial charge in [0.25, 0.3) is 0 Å². The zero-order valence-electron chi connectivity index (χ0n) is 9.91. The third kappa shape index (κ3) is 2.92. The molecule has 88 valence electrons. The second-order valence-corrected chi connectivity index (χ2v) is 3.58. The maximum absolute atomic E-state index is 8.91. The molecule has 0 spiro atoms. The molecule has 0 amide bonds. The fraction of sp³-hybridized carbons (Fsp3) is 0. The van der Waals surface area contributed by atoms with Gasteiger partial charge in [0.05, 0.1) is 22.5 Å². The number of benzene rings is 2. The molecule has 0 atom stereocenters. The molecule has 4 nitrogen and oxygen atoms in total. The molecule has 2 aromatic carbocycles. The molecule has 0 heterocycles. The van der Waals surface area contributed by atoms with E-state index < -0.39 is 0 Å². The minimum atomic E-state index is 0.457. The van der Waals surface area contributed by atoms with Crippen LogP contribution < -0.4 is 0 Å². The van der Waals surface area contributed by atoms with Crippen molar-refractivity contribution < 1.29 is 0 Å². The van der Waals surface area contributed by atoms with Crippen LogP contribution in [-0.4, -0.2) is 6.01 Å². The van der Waals surface area contributed by atoms with Gasteiger partial charge < -0.3 is 0 Å². The highest BCUT2D eigenvalue weighted by Gasteiger charge is 1.98. The van der Waals surface area contributed by atoms with E-state index in [9.17, 15) is 0 Å². The summed E-state index contributed by atoms with van der Waals surface area (Å²) in [6.45, 7) is 0. The molecule has 0 unspecified atom stereocenters. The standard InChI is InChI=1S/C15H8N4/c16-9-12-5-1-3-7-14(12)18-11-19-15-8-4-2-6-13(15)10-17/h1-8H. The summed E-state index contributed by atoms with van der Waals surface area (Å²) in [5, 5.41) is 17.8. The highest BCUT2D eigenvalue weighted by Crippen LogP contribution is 2.18. The minimum absolute atomic E-state index is 0.457. The molecule has 0 saturated carbocycles. The lowest BCUT2D eigenvalue weighted by Crippen LogP contribution is -1.75. The van der Waals surface area contributed by atoms with Crippen molar-refractivity contribution in [3.8, 4) is 12.1 Å². The van der Waals surface area contributed by atoms with Gasteiger partial charge in [-0.15, -0.1) is 0 Å². The van der Waals surface area contributed by atoms with E-state index in [1.807, 2.05) is 12.1 Å². The van der Waals surface area contributed by atoms with E-state index in [1.165, 1.54) is 0 Å². The van der Waals surface area contributed by atoms with Crippen LogP contribution in [0, 0.1) is 22.7 Å². The largest absolute Gasteiger partial charge is 0.192 e. The van der Waals surface area contributed by atoms with Crippen LogP contribution in [0.2, 0.25) is 0 Å². The zero-order valence-corrected chi connectivity index (χ0v) is 9.91. The zero-order chi connectivity index (χ0) is 13.5. The fourth-order valence-electron chi connectivity index (χ4n) is 1.46.